The number of hydrogen-bond acceptors (Lipinski definition) is 3. The molecule has 1 heterocycles. The van der Waals surface area contributed by atoms with Gasteiger partial charge in [0.1, 0.15) is 5.75 Å². The Morgan fingerprint density at radius 2 is 1.76 bits per heavy atom. The first-order valence-electron chi connectivity index (χ1n) is 13.9. The van der Waals surface area contributed by atoms with Gasteiger partial charge in [-0.3, -0.25) is 4.39 Å². The summed E-state index contributed by atoms with van der Waals surface area (Å²) in [4.78, 5) is 13.9. The molecule has 8 heteroatoms. The molecule has 0 saturated carbocycles. The van der Waals surface area contributed by atoms with Crippen LogP contribution in [0.2, 0.25) is 0 Å². The SMILES string of the molecule is COc1ccc(C(F)(F)F)c(C2=C(c3ccc(CC4CN(CCCF)C4)cc3)c3ccc(C(=O)O)cc3CCC2)c1. The maximum absolute atomic E-state index is 14.3. The monoisotopic (exact) mass is 567 g/mol. The number of methoxy groups -OCH3 is 1. The van der Waals surface area contributed by atoms with E-state index in [1.165, 1.54) is 25.3 Å². The molecule has 3 aromatic rings. The minimum Gasteiger partial charge on any atom is -0.497 e. The first kappa shape index (κ1) is 28.9. The van der Waals surface area contributed by atoms with Crippen LogP contribution in [0.15, 0.2) is 60.7 Å². The van der Waals surface area contributed by atoms with Crippen LogP contribution in [0.3, 0.4) is 0 Å². The fourth-order valence-corrected chi connectivity index (χ4v) is 6.08. The fourth-order valence-electron chi connectivity index (χ4n) is 6.08. The van der Waals surface area contributed by atoms with Crippen molar-refractivity contribution >= 4 is 17.1 Å². The van der Waals surface area contributed by atoms with Gasteiger partial charge in [0.2, 0.25) is 0 Å². The third-order valence-corrected chi connectivity index (χ3v) is 8.06. The number of carbonyl (C=O) groups is 1. The van der Waals surface area contributed by atoms with Crippen LogP contribution in [0.4, 0.5) is 17.6 Å². The average molecular weight is 568 g/mol. The number of ether oxygens (including phenoxy) is 1. The van der Waals surface area contributed by atoms with Crippen LogP contribution in [0.1, 0.15) is 63.0 Å². The Hall–Kier alpha value is -3.65. The van der Waals surface area contributed by atoms with E-state index < -0.39 is 17.7 Å². The number of carboxylic acid groups (broad SMARTS) is 1. The number of likely N-dealkylation sites (tertiary alicyclic amines) is 1. The van der Waals surface area contributed by atoms with Gasteiger partial charge >= 0.3 is 12.1 Å². The summed E-state index contributed by atoms with van der Waals surface area (Å²) in [5.41, 5.74) is 4.22. The van der Waals surface area contributed by atoms with Crippen molar-refractivity contribution in [1.29, 1.82) is 0 Å². The normalized spacial score (nSPS) is 16.2. The maximum atomic E-state index is 14.3. The number of fused-ring (bicyclic) bond motifs is 1. The molecule has 3 aromatic carbocycles. The summed E-state index contributed by atoms with van der Waals surface area (Å²) < 4.78 is 60.6. The summed E-state index contributed by atoms with van der Waals surface area (Å²) in [6.45, 7) is 2.34. The number of benzene rings is 3. The van der Waals surface area contributed by atoms with Gasteiger partial charge in [0.15, 0.2) is 0 Å². The number of allylic oxidation sites excluding steroid dienone is 1. The lowest BCUT2D eigenvalue weighted by Gasteiger charge is -2.39. The zero-order chi connectivity index (χ0) is 29.1. The summed E-state index contributed by atoms with van der Waals surface area (Å²) in [7, 11) is 1.43. The van der Waals surface area contributed by atoms with Gasteiger partial charge in [0.05, 0.1) is 24.9 Å². The van der Waals surface area contributed by atoms with Crippen molar-refractivity contribution in [1.82, 2.24) is 4.90 Å². The van der Waals surface area contributed by atoms with Crippen LogP contribution >= 0.6 is 0 Å². The fraction of sp³-hybridized carbons (Fsp3) is 0.364. The number of carboxylic acids is 1. The lowest BCUT2D eigenvalue weighted by Crippen LogP contribution is -2.47. The molecule has 0 atom stereocenters. The van der Waals surface area contributed by atoms with Gasteiger partial charge < -0.3 is 14.7 Å². The zero-order valence-corrected chi connectivity index (χ0v) is 22.9. The molecule has 1 saturated heterocycles. The van der Waals surface area contributed by atoms with Crippen molar-refractivity contribution < 1.29 is 32.2 Å². The van der Waals surface area contributed by atoms with Gasteiger partial charge in [-0.25, -0.2) is 4.79 Å². The lowest BCUT2D eigenvalue weighted by atomic mass is 9.85. The molecular weight excluding hydrogens is 534 g/mol. The molecular formula is C33H33F4NO3. The Morgan fingerprint density at radius 3 is 2.41 bits per heavy atom. The van der Waals surface area contributed by atoms with Gasteiger partial charge in [0.25, 0.3) is 0 Å². The van der Waals surface area contributed by atoms with E-state index in [2.05, 4.69) is 4.90 Å². The Balaban J connectivity index is 1.59. The number of alkyl halides is 4. The number of nitrogens with zero attached hydrogens (tertiary/aromatic N) is 1. The van der Waals surface area contributed by atoms with Gasteiger partial charge in [-0.15, -0.1) is 0 Å². The minimum absolute atomic E-state index is 0.0777. The Kier molecular flexibility index (Phi) is 8.50. The van der Waals surface area contributed by atoms with Crippen molar-refractivity contribution in [3.05, 3.63) is 99.6 Å². The summed E-state index contributed by atoms with van der Waals surface area (Å²) >= 11 is 0. The van der Waals surface area contributed by atoms with E-state index in [4.69, 9.17) is 4.74 Å². The summed E-state index contributed by atoms with van der Waals surface area (Å²) in [5.74, 6) is -0.213. The van der Waals surface area contributed by atoms with Gasteiger partial charge in [-0.1, -0.05) is 30.3 Å². The van der Waals surface area contributed by atoms with Crippen LogP contribution < -0.4 is 4.74 Å². The Bertz CT molecular complexity index is 1440. The van der Waals surface area contributed by atoms with E-state index in [9.17, 15) is 27.5 Å². The molecule has 1 N–H and O–H groups in total. The Labute approximate surface area is 237 Å². The van der Waals surface area contributed by atoms with Crippen molar-refractivity contribution in [2.75, 3.05) is 33.4 Å². The number of aryl methyl sites for hydroxylation is 1. The second-order valence-corrected chi connectivity index (χ2v) is 10.9. The van der Waals surface area contributed by atoms with E-state index >= 15 is 0 Å². The lowest BCUT2D eigenvalue weighted by molar-refractivity contribution is -0.137. The molecule has 1 aliphatic heterocycles. The molecule has 0 bridgehead atoms. The highest BCUT2D eigenvalue weighted by atomic mass is 19.4. The molecule has 0 radical (unpaired) electrons. The molecule has 0 unspecified atom stereocenters. The van der Waals surface area contributed by atoms with E-state index in [-0.39, 0.29) is 17.8 Å². The van der Waals surface area contributed by atoms with Gasteiger partial charge in [-0.05, 0) is 107 Å². The van der Waals surface area contributed by atoms with Crippen LogP contribution in [0.5, 0.6) is 5.75 Å². The van der Waals surface area contributed by atoms with Gasteiger partial charge in [-0.2, -0.15) is 13.2 Å². The quantitative estimate of drug-likeness (QED) is 0.272. The van der Waals surface area contributed by atoms with Gasteiger partial charge in [0, 0.05) is 19.6 Å². The molecule has 1 aliphatic carbocycles. The van der Waals surface area contributed by atoms with E-state index in [1.54, 1.807) is 12.1 Å². The molecule has 0 amide bonds. The molecule has 2 aliphatic rings. The third-order valence-electron chi connectivity index (χ3n) is 8.06. The van der Waals surface area contributed by atoms with Crippen LogP contribution in [0, 0.1) is 5.92 Å². The zero-order valence-electron chi connectivity index (χ0n) is 22.9. The second-order valence-electron chi connectivity index (χ2n) is 10.9. The van der Waals surface area contributed by atoms with Crippen molar-refractivity contribution in [3.8, 4) is 5.75 Å². The molecule has 1 fully saturated rings. The average Bonchev–Trinajstić information content (AvgIpc) is 3.12. The molecule has 4 nitrogen and oxygen atoms in total. The summed E-state index contributed by atoms with van der Waals surface area (Å²) in [6.07, 6.45) is -1.62. The van der Waals surface area contributed by atoms with Crippen LogP contribution in [0.25, 0.3) is 11.1 Å². The summed E-state index contributed by atoms with van der Waals surface area (Å²) in [5, 5.41) is 9.57. The highest BCUT2D eigenvalue weighted by Crippen LogP contribution is 2.45. The number of aromatic carboxylic acids is 1. The molecule has 5 rings (SSSR count). The van der Waals surface area contributed by atoms with E-state index in [0.29, 0.717) is 48.5 Å². The molecule has 41 heavy (non-hydrogen) atoms. The highest BCUT2D eigenvalue weighted by molar-refractivity contribution is 6.01. The largest absolute Gasteiger partial charge is 0.497 e. The first-order chi connectivity index (χ1) is 19.7. The highest BCUT2D eigenvalue weighted by Gasteiger charge is 2.35. The number of halogens is 4. The molecule has 0 spiro atoms. The van der Waals surface area contributed by atoms with Crippen molar-refractivity contribution in [2.45, 2.75) is 38.3 Å². The maximum Gasteiger partial charge on any atom is 0.417 e. The summed E-state index contributed by atoms with van der Waals surface area (Å²) in [6, 6.07) is 16.7. The van der Waals surface area contributed by atoms with Crippen LogP contribution in [-0.2, 0) is 19.0 Å². The number of rotatable bonds is 9. The molecule has 0 aromatic heterocycles. The Morgan fingerprint density at radius 1 is 1.00 bits per heavy atom. The van der Waals surface area contributed by atoms with E-state index in [0.717, 1.165) is 54.4 Å². The predicted molar refractivity (Wildman–Crippen MR) is 151 cm³/mol. The molecule has 216 valence electrons. The van der Waals surface area contributed by atoms with E-state index in [1.807, 2.05) is 24.3 Å². The predicted octanol–water partition coefficient (Wildman–Crippen LogP) is 7.54. The number of hydrogen-bond donors (Lipinski definition) is 1. The first-order valence-corrected chi connectivity index (χ1v) is 13.9. The minimum atomic E-state index is -4.56. The van der Waals surface area contributed by atoms with Crippen LogP contribution in [-0.4, -0.2) is 49.4 Å². The smallest absolute Gasteiger partial charge is 0.417 e. The standard InChI is InChI=1S/C33H33F4NO3/c1-41-26-11-13-30(33(35,36)37)29(18-26)28-5-2-4-24-17-25(32(39)40)10-12-27(24)31(28)23-8-6-21(7-9-23)16-22-19-38(20-22)15-3-14-34/h6-13,17-18,22H,2-5,14-16,19-20H2,1H3,(H,39,40). The van der Waals surface area contributed by atoms with Crippen molar-refractivity contribution in [3.63, 3.8) is 0 Å². The second kappa shape index (κ2) is 12.1. The van der Waals surface area contributed by atoms with Crippen molar-refractivity contribution in [2.24, 2.45) is 5.92 Å². The third kappa shape index (κ3) is 6.32. The topological polar surface area (TPSA) is 49.8 Å².